The molecule has 1 heterocycles. The van der Waals surface area contributed by atoms with Crippen LogP contribution >= 0.6 is 0 Å². The van der Waals surface area contributed by atoms with Crippen LogP contribution in [0, 0.1) is 5.92 Å². The van der Waals surface area contributed by atoms with Crippen LogP contribution in [0.25, 0.3) is 0 Å². The van der Waals surface area contributed by atoms with Crippen LogP contribution in [0.5, 0.6) is 0 Å². The number of rotatable bonds is 3. The zero-order valence-corrected chi connectivity index (χ0v) is 8.79. The number of hydrogen-bond acceptors (Lipinski definition) is 2. The Hall–Kier alpha value is -1.20. The van der Waals surface area contributed by atoms with Crippen molar-refractivity contribution in [3.8, 4) is 0 Å². The average molecular weight is 232 g/mol. The molecule has 0 spiro atoms. The molecule has 90 valence electrons. The van der Waals surface area contributed by atoms with Gasteiger partial charge in [-0.05, 0) is 18.8 Å². The van der Waals surface area contributed by atoms with E-state index in [-0.39, 0.29) is 30.7 Å². The quantitative estimate of drug-likeness (QED) is 0.764. The number of amides is 2. The number of carbonyl (C=O) groups is 2. The SMILES string of the molecule is O=C1CCN(CC(F)F)C(=O)C(C2CC2)N1. The molecule has 2 amide bonds. The number of hydrogen-bond donors (Lipinski definition) is 1. The van der Waals surface area contributed by atoms with Gasteiger partial charge in [0.15, 0.2) is 0 Å². The molecule has 2 aliphatic rings. The lowest BCUT2D eigenvalue weighted by Gasteiger charge is -2.23. The van der Waals surface area contributed by atoms with Crippen molar-refractivity contribution in [2.24, 2.45) is 5.92 Å². The maximum atomic E-state index is 12.3. The standard InChI is InChI=1S/C10H14F2N2O2/c11-7(12)5-14-4-3-8(15)13-9(10(14)16)6-1-2-6/h6-7,9H,1-5H2,(H,13,15). The highest BCUT2D eigenvalue weighted by atomic mass is 19.3. The summed E-state index contributed by atoms with van der Waals surface area (Å²) in [5.74, 6) is -0.426. The predicted octanol–water partition coefficient (Wildman–Crippen LogP) is 0.379. The van der Waals surface area contributed by atoms with E-state index >= 15 is 0 Å². The molecule has 1 N–H and O–H groups in total. The molecule has 1 atom stereocenters. The van der Waals surface area contributed by atoms with Crippen LogP contribution in [0.4, 0.5) is 8.78 Å². The molecular formula is C10H14F2N2O2. The van der Waals surface area contributed by atoms with Crippen molar-refractivity contribution in [3.05, 3.63) is 0 Å². The van der Waals surface area contributed by atoms with Crippen molar-refractivity contribution in [1.82, 2.24) is 10.2 Å². The number of carbonyl (C=O) groups excluding carboxylic acids is 2. The molecular weight excluding hydrogens is 218 g/mol. The fourth-order valence-electron chi connectivity index (χ4n) is 1.95. The summed E-state index contributed by atoms with van der Waals surface area (Å²) >= 11 is 0. The van der Waals surface area contributed by atoms with Gasteiger partial charge in [0.25, 0.3) is 6.43 Å². The van der Waals surface area contributed by atoms with Crippen LogP contribution < -0.4 is 5.32 Å². The van der Waals surface area contributed by atoms with E-state index in [1.807, 2.05) is 0 Å². The zero-order valence-electron chi connectivity index (χ0n) is 8.79. The van der Waals surface area contributed by atoms with Gasteiger partial charge in [-0.1, -0.05) is 0 Å². The molecule has 0 aromatic heterocycles. The van der Waals surface area contributed by atoms with Gasteiger partial charge in [-0.25, -0.2) is 8.78 Å². The third-order valence-electron chi connectivity index (χ3n) is 2.95. The van der Waals surface area contributed by atoms with Gasteiger partial charge in [0.1, 0.15) is 6.04 Å². The van der Waals surface area contributed by atoms with Gasteiger partial charge in [-0.15, -0.1) is 0 Å². The van der Waals surface area contributed by atoms with Crippen LogP contribution in [-0.4, -0.2) is 42.3 Å². The molecule has 1 saturated heterocycles. The average Bonchev–Trinajstić information content (AvgIpc) is 3.01. The van der Waals surface area contributed by atoms with E-state index in [4.69, 9.17) is 0 Å². The summed E-state index contributed by atoms with van der Waals surface area (Å²) in [6.45, 7) is -0.477. The molecule has 2 fully saturated rings. The van der Waals surface area contributed by atoms with Crippen molar-refractivity contribution >= 4 is 11.8 Å². The molecule has 0 aromatic carbocycles. The lowest BCUT2D eigenvalue weighted by Crippen LogP contribution is -2.47. The summed E-state index contributed by atoms with van der Waals surface area (Å²) in [4.78, 5) is 24.3. The van der Waals surface area contributed by atoms with Gasteiger partial charge < -0.3 is 10.2 Å². The summed E-state index contributed by atoms with van der Waals surface area (Å²) in [5, 5.41) is 2.62. The van der Waals surface area contributed by atoms with Crippen LogP contribution in [0.1, 0.15) is 19.3 Å². The predicted molar refractivity (Wildman–Crippen MR) is 51.9 cm³/mol. The van der Waals surface area contributed by atoms with Gasteiger partial charge in [-0.2, -0.15) is 0 Å². The normalized spacial score (nSPS) is 26.9. The maximum Gasteiger partial charge on any atom is 0.255 e. The van der Waals surface area contributed by atoms with Gasteiger partial charge in [0.05, 0.1) is 6.54 Å². The Morgan fingerprint density at radius 2 is 2.06 bits per heavy atom. The molecule has 2 rings (SSSR count). The van der Waals surface area contributed by atoms with Crippen molar-refractivity contribution in [2.45, 2.75) is 31.7 Å². The second-order valence-corrected chi connectivity index (χ2v) is 4.31. The number of nitrogens with zero attached hydrogens (tertiary/aromatic N) is 1. The summed E-state index contributed by atoms with van der Waals surface area (Å²) in [5.41, 5.74) is 0. The van der Waals surface area contributed by atoms with Gasteiger partial charge in [0.2, 0.25) is 11.8 Å². The topological polar surface area (TPSA) is 49.4 Å². The van der Waals surface area contributed by atoms with E-state index in [0.29, 0.717) is 0 Å². The summed E-state index contributed by atoms with van der Waals surface area (Å²) in [6.07, 6.45) is -0.655. The molecule has 1 aliphatic heterocycles. The first-order valence-electron chi connectivity index (χ1n) is 5.44. The van der Waals surface area contributed by atoms with E-state index in [0.717, 1.165) is 17.7 Å². The molecule has 16 heavy (non-hydrogen) atoms. The minimum atomic E-state index is -2.54. The molecule has 0 radical (unpaired) electrons. The van der Waals surface area contributed by atoms with E-state index < -0.39 is 19.0 Å². The van der Waals surface area contributed by atoms with E-state index in [9.17, 15) is 18.4 Å². The second kappa shape index (κ2) is 4.35. The third kappa shape index (κ3) is 2.48. The first kappa shape index (κ1) is 11.3. The Kier molecular flexibility index (Phi) is 3.07. The lowest BCUT2D eigenvalue weighted by atomic mass is 10.1. The first-order valence-corrected chi connectivity index (χ1v) is 5.44. The maximum absolute atomic E-state index is 12.3. The van der Waals surface area contributed by atoms with Crippen molar-refractivity contribution in [3.63, 3.8) is 0 Å². The zero-order chi connectivity index (χ0) is 11.7. The highest BCUT2D eigenvalue weighted by Crippen LogP contribution is 2.34. The van der Waals surface area contributed by atoms with Crippen molar-refractivity contribution < 1.29 is 18.4 Å². The number of alkyl halides is 2. The molecule has 0 bridgehead atoms. The Labute approximate surface area is 92.0 Å². The van der Waals surface area contributed by atoms with Crippen LogP contribution in [0.2, 0.25) is 0 Å². The summed E-state index contributed by atoms with van der Waals surface area (Å²) in [6, 6.07) is -0.575. The Morgan fingerprint density at radius 1 is 1.38 bits per heavy atom. The lowest BCUT2D eigenvalue weighted by molar-refractivity contribution is -0.135. The van der Waals surface area contributed by atoms with Crippen LogP contribution in [0.15, 0.2) is 0 Å². The monoisotopic (exact) mass is 232 g/mol. The molecule has 1 aliphatic carbocycles. The minimum absolute atomic E-state index is 0.0955. The number of nitrogens with one attached hydrogen (secondary N) is 1. The van der Waals surface area contributed by atoms with E-state index in [2.05, 4.69) is 5.32 Å². The summed E-state index contributed by atoms with van der Waals surface area (Å²) in [7, 11) is 0. The number of halogens is 2. The Morgan fingerprint density at radius 3 is 2.62 bits per heavy atom. The van der Waals surface area contributed by atoms with Gasteiger partial charge >= 0.3 is 0 Å². The highest BCUT2D eigenvalue weighted by molar-refractivity contribution is 5.90. The first-order chi connectivity index (χ1) is 7.58. The van der Waals surface area contributed by atoms with Crippen molar-refractivity contribution in [2.75, 3.05) is 13.1 Å². The minimum Gasteiger partial charge on any atom is -0.344 e. The smallest absolute Gasteiger partial charge is 0.255 e. The Balaban J connectivity index is 2.07. The third-order valence-corrected chi connectivity index (χ3v) is 2.95. The molecule has 4 nitrogen and oxygen atoms in total. The van der Waals surface area contributed by atoms with Crippen molar-refractivity contribution in [1.29, 1.82) is 0 Å². The van der Waals surface area contributed by atoms with Crippen LogP contribution in [-0.2, 0) is 9.59 Å². The van der Waals surface area contributed by atoms with Gasteiger partial charge in [-0.3, -0.25) is 9.59 Å². The van der Waals surface area contributed by atoms with E-state index in [1.54, 1.807) is 0 Å². The largest absolute Gasteiger partial charge is 0.344 e. The fourth-order valence-corrected chi connectivity index (χ4v) is 1.95. The Bertz CT molecular complexity index is 305. The van der Waals surface area contributed by atoms with E-state index in [1.165, 1.54) is 0 Å². The molecule has 6 heteroatoms. The summed E-state index contributed by atoms with van der Waals surface area (Å²) < 4.78 is 24.5. The molecule has 1 saturated carbocycles. The molecule has 0 aromatic rings. The second-order valence-electron chi connectivity index (χ2n) is 4.31. The fraction of sp³-hybridized carbons (Fsp3) is 0.800. The molecule has 1 unspecified atom stereocenters. The highest BCUT2D eigenvalue weighted by Gasteiger charge is 2.41. The van der Waals surface area contributed by atoms with Crippen LogP contribution in [0.3, 0.4) is 0 Å². The van der Waals surface area contributed by atoms with Gasteiger partial charge in [0, 0.05) is 13.0 Å².